The van der Waals surface area contributed by atoms with Gasteiger partial charge in [-0.05, 0) is 38.1 Å². The van der Waals surface area contributed by atoms with Crippen LogP contribution in [0.5, 0.6) is 5.75 Å². The molecule has 7 heteroatoms. The van der Waals surface area contributed by atoms with Crippen LogP contribution in [0.1, 0.15) is 46.4 Å². The van der Waals surface area contributed by atoms with E-state index in [2.05, 4.69) is 10.2 Å². The minimum Gasteiger partial charge on any atom is -0.624 e. The Morgan fingerprint density at radius 2 is 1.76 bits per heavy atom. The second-order valence-electron chi connectivity index (χ2n) is 7.09. The van der Waals surface area contributed by atoms with Gasteiger partial charge in [-0.25, -0.2) is 4.74 Å². The lowest BCUT2D eigenvalue weighted by molar-refractivity contribution is -0.487. The molecule has 0 saturated carbocycles. The van der Waals surface area contributed by atoms with E-state index in [0.717, 1.165) is 10.3 Å². The Kier molecular flexibility index (Phi) is 5.56. The van der Waals surface area contributed by atoms with Crippen LogP contribution in [0.2, 0.25) is 0 Å². The number of ether oxygens (including phenoxy) is 1. The van der Waals surface area contributed by atoms with Crippen LogP contribution < -0.4 is 4.74 Å². The molecule has 0 aliphatic heterocycles. The monoisotopic (exact) mass is 344 g/mol. The summed E-state index contributed by atoms with van der Waals surface area (Å²) in [5, 5.41) is 19.8. The van der Waals surface area contributed by atoms with E-state index < -0.39 is 11.6 Å². The Bertz CT molecular complexity index is 729. The summed E-state index contributed by atoms with van der Waals surface area (Å²) < 4.78 is 6.72. The third-order valence-corrected chi connectivity index (χ3v) is 3.52. The SMILES string of the molecule is CC(C)[N+]([O-])=Cc1ccc(OC(C(=O)C(C)(C)C)n2nccn2)cc1. The van der Waals surface area contributed by atoms with Gasteiger partial charge in [0.15, 0.2) is 12.3 Å². The number of carbonyl (C=O) groups excluding carboxylic acids is 1. The van der Waals surface area contributed by atoms with E-state index in [1.807, 2.05) is 34.6 Å². The molecule has 1 aromatic heterocycles. The van der Waals surface area contributed by atoms with Gasteiger partial charge in [0.25, 0.3) is 6.23 Å². The molecule has 7 nitrogen and oxygen atoms in total. The van der Waals surface area contributed by atoms with Gasteiger partial charge in [0.05, 0.1) is 12.4 Å². The van der Waals surface area contributed by atoms with Crippen molar-refractivity contribution in [1.29, 1.82) is 0 Å². The molecule has 0 aliphatic rings. The lowest BCUT2D eigenvalue weighted by atomic mass is 9.90. The van der Waals surface area contributed by atoms with Crippen molar-refractivity contribution in [1.82, 2.24) is 15.0 Å². The maximum Gasteiger partial charge on any atom is 0.267 e. The van der Waals surface area contributed by atoms with Crippen molar-refractivity contribution in [3.63, 3.8) is 0 Å². The van der Waals surface area contributed by atoms with E-state index in [0.29, 0.717) is 5.75 Å². The molecule has 0 aliphatic carbocycles. The summed E-state index contributed by atoms with van der Waals surface area (Å²) in [5.74, 6) is 0.365. The molecule has 0 saturated heterocycles. The van der Waals surface area contributed by atoms with Crippen molar-refractivity contribution >= 4 is 12.0 Å². The van der Waals surface area contributed by atoms with Crippen LogP contribution in [0.3, 0.4) is 0 Å². The molecule has 134 valence electrons. The van der Waals surface area contributed by atoms with Crippen molar-refractivity contribution in [2.45, 2.75) is 46.9 Å². The number of carbonyl (C=O) groups is 1. The number of nitrogens with zero attached hydrogens (tertiary/aromatic N) is 4. The molecule has 2 rings (SSSR count). The van der Waals surface area contributed by atoms with Crippen LogP contribution in [0.25, 0.3) is 0 Å². The summed E-state index contributed by atoms with van der Waals surface area (Å²) in [6.07, 6.45) is 3.57. The molecule has 0 radical (unpaired) electrons. The number of ketones is 1. The summed E-state index contributed by atoms with van der Waals surface area (Å²) in [4.78, 5) is 13.9. The third kappa shape index (κ3) is 4.89. The van der Waals surface area contributed by atoms with Gasteiger partial charge in [-0.2, -0.15) is 10.2 Å². The fourth-order valence-electron chi connectivity index (χ4n) is 1.98. The van der Waals surface area contributed by atoms with Crippen molar-refractivity contribution < 1.29 is 14.3 Å². The van der Waals surface area contributed by atoms with Gasteiger partial charge in [-0.1, -0.05) is 20.8 Å². The van der Waals surface area contributed by atoms with Crippen LogP contribution in [0.15, 0.2) is 36.7 Å². The van der Waals surface area contributed by atoms with Gasteiger partial charge in [0.2, 0.25) is 5.78 Å². The number of hydrogen-bond acceptors (Lipinski definition) is 5. The molecular weight excluding hydrogens is 320 g/mol. The molecule has 0 fully saturated rings. The zero-order chi connectivity index (χ0) is 18.6. The van der Waals surface area contributed by atoms with Crippen LogP contribution in [-0.2, 0) is 4.79 Å². The summed E-state index contributed by atoms with van der Waals surface area (Å²) >= 11 is 0. The Balaban J connectivity index is 2.22. The summed E-state index contributed by atoms with van der Waals surface area (Å²) in [6, 6.07) is 6.82. The highest BCUT2D eigenvalue weighted by Crippen LogP contribution is 2.25. The minimum atomic E-state index is -0.948. The van der Waals surface area contributed by atoms with E-state index in [4.69, 9.17) is 4.74 Å². The number of rotatable bonds is 6. The average molecular weight is 344 g/mol. The molecule has 2 aromatic rings. The predicted molar refractivity (Wildman–Crippen MR) is 94.5 cm³/mol. The average Bonchev–Trinajstić information content (AvgIpc) is 3.06. The van der Waals surface area contributed by atoms with Gasteiger partial charge in [-0.15, -0.1) is 4.80 Å². The van der Waals surface area contributed by atoms with Crippen molar-refractivity contribution in [2.75, 3.05) is 0 Å². The molecule has 1 aromatic carbocycles. The third-order valence-electron chi connectivity index (χ3n) is 3.52. The van der Waals surface area contributed by atoms with Gasteiger partial charge in [0.1, 0.15) is 5.75 Å². The molecule has 1 heterocycles. The molecule has 0 spiro atoms. The quantitative estimate of drug-likeness (QED) is 0.348. The number of Topliss-reactive ketones (excluding diaryl/α,β-unsaturated/α-hetero) is 1. The van der Waals surface area contributed by atoms with Crippen LogP contribution >= 0.6 is 0 Å². The van der Waals surface area contributed by atoms with Crippen molar-refractivity contribution in [2.24, 2.45) is 5.41 Å². The van der Waals surface area contributed by atoms with Crippen molar-refractivity contribution in [3.8, 4) is 5.75 Å². The normalized spacial score (nSPS) is 13.8. The van der Waals surface area contributed by atoms with Gasteiger partial charge >= 0.3 is 0 Å². The van der Waals surface area contributed by atoms with Crippen molar-refractivity contribution in [3.05, 3.63) is 47.4 Å². The lowest BCUT2D eigenvalue weighted by Crippen LogP contribution is -2.35. The van der Waals surface area contributed by atoms with E-state index in [9.17, 15) is 10.0 Å². The highest BCUT2D eigenvalue weighted by Gasteiger charge is 2.33. The van der Waals surface area contributed by atoms with E-state index in [-0.39, 0.29) is 11.8 Å². The minimum absolute atomic E-state index is 0.129. The smallest absolute Gasteiger partial charge is 0.267 e. The highest BCUT2D eigenvalue weighted by atomic mass is 16.5. The molecular formula is C18H24N4O3. The van der Waals surface area contributed by atoms with E-state index in [1.165, 1.54) is 23.4 Å². The summed E-state index contributed by atoms with van der Waals surface area (Å²) in [7, 11) is 0. The number of aromatic nitrogens is 3. The van der Waals surface area contributed by atoms with Gasteiger partial charge in [0, 0.05) is 11.0 Å². The molecule has 0 N–H and O–H groups in total. The second kappa shape index (κ2) is 7.46. The highest BCUT2D eigenvalue weighted by molar-refractivity contribution is 5.86. The molecule has 25 heavy (non-hydrogen) atoms. The predicted octanol–water partition coefficient (Wildman–Crippen LogP) is 2.81. The Labute approximate surface area is 147 Å². The van der Waals surface area contributed by atoms with Crippen LogP contribution in [-0.4, -0.2) is 37.8 Å². The first-order valence-corrected chi connectivity index (χ1v) is 8.15. The zero-order valence-electron chi connectivity index (χ0n) is 15.2. The maximum atomic E-state index is 12.7. The topological polar surface area (TPSA) is 83.1 Å². The molecule has 0 bridgehead atoms. The first-order chi connectivity index (χ1) is 11.7. The zero-order valence-corrected chi connectivity index (χ0v) is 15.2. The van der Waals surface area contributed by atoms with Crippen LogP contribution in [0, 0.1) is 10.6 Å². The standard InChI is InChI=1S/C18H24N4O3/c1-13(2)21(24)12-14-6-8-15(9-7-14)25-17(16(23)18(3,4)5)22-19-10-11-20-22/h6-13,17H,1-5H3. The number of hydrogen-bond donors (Lipinski definition) is 0. The van der Waals surface area contributed by atoms with Gasteiger partial charge < -0.3 is 9.94 Å². The van der Waals surface area contributed by atoms with E-state index in [1.54, 1.807) is 24.3 Å². The number of hydroxylamine groups is 1. The molecule has 1 atom stereocenters. The Hall–Kier alpha value is -2.70. The molecule has 1 unspecified atom stereocenters. The summed E-state index contributed by atoms with van der Waals surface area (Å²) in [6.45, 7) is 9.10. The number of benzene rings is 1. The largest absolute Gasteiger partial charge is 0.624 e. The first kappa shape index (κ1) is 18.6. The Morgan fingerprint density at radius 1 is 1.20 bits per heavy atom. The lowest BCUT2D eigenvalue weighted by Gasteiger charge is -2.24. The first-order valence-electron chi connectivity index (χ1n) is 8.15. The summed E-state index contributed by atoms with van der Waals surface area (Å²) in [5.41, 5.74) is 0.152. The van der Waals surface area contributed by atoms with E-state index >= 15 is 0 Å². The maximum absolute atomic E-state index is 12.7. The second-order valence-corrected chi connectivity index (χ2v) is 7.09. The molecule has 0 amide bonds. The fraction of sp³-hybridized carbons (Fsp3) is 0.444. The fourth-order valence-corrected chi connectivity index (χ4v) is 1.98. The Morgan fingerprint density at radius 3 is 2.24 bits per heavy atom. The van der Waals surface area contributed by atoms with Crippen LogP contribution in [0.4, 0.5) is 0 Å². The van der Waals surface area contributed by atoms with Gasteiger partial charge in [-0.3, -0.25) is 4.79 Å².